The van der Waals surface area contributed by atoms with Gasteiger partial charge < -0.3 is 39.9 Å². The van der Waals surface area contributed by atoms with E-state index in [2.05, 4.69) is 15.6 Å². The quantitative estimate of drug-likeness (QED) is 0.377. The topological polar surface area (TPSA) is 163 Å². The molecule has 1 saturated heterocycles. The summed E-state index contributed by atoms with van der Waals surface area (Å²) in [5.41, 5.74) is -1.03. The molecule has 0 aromatic carbocycles. The van der Waals surface area contributed by atoms with Crippen LogP contribution in [0.5, 0.6) is 0 Å². The average molecular weight is 569 g/mol. The average Bonchev–Trinajstić information content (AvgIpc) is 3.31. The van der Waals surface area contributed by atoms with Gasteiger partial charge in [0, 0.05) is 25.6 Å². The van der Waals surface area contributed by atoms with Crippen LogP contribution in [-0.2, 0) is 32.2 Å². The maximum atomic E-state index is 13.0. The van der Waals surface area contributed by atoms with Crippen molar-refractivity contribution in [2.45, 2.75) is 103 Å². The molecule has 0 unspecified atom stereocenters. The molecule has 10 atom stereocenters. The van der Waals surface area contributed by atoms with Crippen molar-refractivity contribution in [1.82, 2.24) is 30.1 Å². The zero-order valence-corrected chi connectivity index (χ0v) is 25.0. The second-order valence-electron chi connectivity index (χ2n) is 12.3. The Morgan fingerprint density at radius 2 is 1.85 bits per heavy atom. The lowest BCUT2D eigenvalue weighted by molar-refractivity contribution is -0.299. The Balaban J connectivity index is 1.93. The van der Waals surface area contributed by atoms with Gasteiger partial charge in [-0.3, -0.25) is 9.59 Å². The number of fused-ring (bicyclic) bond motifs is 2. The van der Waals surface area contributed by atoms with Gasteiger partial charge >= 0.3 is 0 Å². The van der Waals surface area contributed by atoms with Crippen LogP contribution in [0.15, 0.2) is 6.20 Å². The largest absolute Gasteiger partial charge is 0.392 e. The summed E-state index contributed by atoms with van der Waals surface area (Å²) in [4.78, 5) is 29.3. The molecule has 4 N–H and O–H groups in total. The highest BCUT2D eigenvalue weighted by atomic mass is 16.7. The molecule has 2 aliphatic heterocycles. The Kier molecular flexibility index (Phi) is 10.7. The van der Waals surface area contributed by atoms with Crippen molar-refractivity contribution >= 4 is 11.8 Å². The zero-order valence-electron chi connectivity index (χ0n) is 25.0. The van der Waals surface area contributed by atoms with E-state index in [4.69, 9.17) is 9.47 Å². The van der Waals surface area contributed by atoms with Crippen molar-refractivity contribution in [1.29, 1.82) is 0 Å². The van der Waals surface area contributed by atoms with Crippen molar-refractivity contribution in [2.24, 2.45) is 17.8 Å². The number of likely N-dealkylation sites (N-methyl/N-ethyl adjacent to an activating group) is 2. The number of rotatable bonds is 3. The lowest BCUT2D eigenvalue weighted by Gasteiger charge is -2.46. The molecule has 228 valence electrons. The number of nitrogens with one attached hydrogen (secondary N) is 1. The van der Waals surface area contributed by atoms with E-state index in [0.717, 1.165) is 0 Å². The van der Waals surface area contributed by atoms with Gasteiger partial charge in [-0.2, -0.15) is 0 Å². The third-order valence-corrected chi connectivity index (χ3v) is 8.21. The molecule has 1 aromatic heterocycles. The highest BCUT2D eigenvalue weighted by molar-refractivity contribution is 5.78. The van der Waals surface area contributed by atoms with Crippen LogP contribution in [0.1, 0.15) is 53.2 Å². The van der Waals surface area contributed by atoms with Crippen molar-refractivity contribution in [3.8, 4) is 0 Å². The summed E-state index contributed by atoms with van der Waals surface area (Å²) < 4.78 is 13.8. The van der Waals surface area contributed by atoms with Gasteiger partial charge in [0.1, 0.15) is 18.3 Å². The SMILES string of the molecule is C[C@H]1CN(C)C(=O)Cn2cc(nn2)CNC(=O)[C@H](C)[C@@H](O)[C@H](C)[C@@H](O[C@@H]2O[C@H](C)C[C@H](N(C)C)[C@H]2O)[C@](C)(O)C1. The minimum absolute atomic E-state index is 0.0133. The normalized spacial score (nSPS) is 39.2. The molecule has 40 heavy (non-hydrogen) atoms. The molecule has 13 heteroatoms. The highest BCUT2D eigenvalue weighted by Crippen LogP contribution is 2.35. The highest BCUT2D eigenvalue weighted by Gasteiger charge is 2.47. The first kappa shape index (κ1) is 32.4. The second kappa shape index (κ2) is 13.2. The van der Waals surface area contributed by atoms with Crippen LogP contribution < -0.4 is 5.32 Å². The summed E-state index contributed by atoms with van der Waals surface area (Å²) in [6.07, 6.45) is -2.03. The zero-order chi connectivity index (χ0) is 29.9. The van der Waals surface area contributed by atoms with Crippen LogP contribution in [0, 0.1) is 17.8 Å². The summed E-state index contributed by atoms with van der Waals surface area (Å²) in [7, 11) is 5.44. The summed E-state index contributed by atoms with van der Waals surface area (Å²) >= 11 is 0. The molecule has 1 aromatic rings. The lowest BCUT2D eigenvalue weighted by Crippen LogP contribution is -2.59. The van der Waals surface area contributed by atoms with Gasteiger partial charge in [-0.15, -0.1) is 5.10 Å². The monoisotopic (exact) mass is 568 g/mol. The third-order valence-electron chi connectivity index (χ3n) is 8.21. The first-order chi connectivity index (χ1) is 18.6. The van der Waals surface area contributed by atoms with Gasteiger partial charge in [-0.1, -0.05) is 26.0 Å². The first-order valence-electron chi connectivity index (χ1n) is 14.1. The first-order valence-corrected chi connectivity index (χ1v) is 14.1. The van der Waals surface area contributed by atoms with Crippen LogP contribution in [0.25, 0.3) is 0 Å². The summed E-state index contributed by atoms with van der Waals surface area (Å²) in [6.45, 7) is 9.20. The van der Waals surface area contributed by atoms with E-state index in [9.17, 15) is 24.9 Å². The molecule has 3 rings (SSSR count). The van der Waals surface area contributed by atoms with Crippen LogP contribution in [-0.4, -0.2) is 122 Å². The Morgan fingerprint density at radius 3 is 2.50 bits per heavy atom. The van der Waals surface area contributed by atoms with Crippen LogP contribution >= 0.6 is 0 Å². The maximum absolute atomic E-state index is 13.0. The number of carbonyl (C=O) groups is 2. The Labute approximate surface area is 236 Å². The minimum atomic E-state index is -1.51. The van der Waals surface area contributed by atoms with Gasteiger partial charge in [-0.25, -0.2) is 4.68 Å². The molecule has 0 radical (unpaired) electrons. The molecule has 2 aliphatic rings. The number of aliphatic hydroxyl groups is 3. The second-order valence-corrected chi connectivity index (χ2v) is 12.3. The molecule has 0 aliphatic carbocycles. The fourth-order valence-corrected chi connectivity index (χ4v) is 5.98. The predicted octanol–water partition coefficient (Wildman–Crippen LogP) is -0.412. The van der Waals surface area contributed by atoms with Gasteiger partial charge in [0.15, 0.2) is 6.29 Å². The summed E-state index contributed by atoms with van der Waals surface area (Å²) in [5, 5.41) is 45.1. The maximum Gasteiger partial charge on any atom is 0.244 e. The number of hydrogen-bond donors (Lipinski definition) is 4. The van der Waals surface area contributed by atoms with Crippen LogP contribution in [0.4, 0.5) is 0 Å². The van der Waals surface area contributed by atoms with Gasteiger partial charge in [0.2, 0.25) is 11.8 Å². The van der Waals surface area contributed by atoms with Crippen molar-refractivity contribution in [3.05, 3.63) is 11.9 Å². The smallest absolute Gasteiger partial charge is 0.244 e. The van der Waals surface area contributed by atoms with E-state index >= 15 is 0 Å². The van der Waals surface area contributed by atoms with E-state index in [0.29, 0.717) is 18.7 Å². The van der Waals surface area contributed by atoms with E-state index in [1.165, 1.54) is 4.68 Å². The molecule has 2 amide bonds. The summed E-state index contributed by atoms with van der Waals surface area (Å²) in [6, 6.07) is -0.227. The number of aromatic nitrogens is 3. The van der Waals surface area contributed by atoms with Crippen molar-refractivity contribution < 1.29 is 34.4 Å². The van der Waals surface area contributed by atoms with E-state index < -0.39 is 47.9 Å². The summed E-state index contributed by atoms with van der Waals surface area (Å²) in [5.74, 6) is -2.32. The minimum Gasteiger partial charge on any atom is -0.392 e. The lowest BCUT2D eigenvalue weighted by atomic mass is 9.78. The van der Waals surface area contributed by atoms with Crippen molar-refractivity contribution in [3.63, 3.8) is 0 Å². The number of carbonyl (C=O) groups excluding carboxylic acids is 2. The third kappa shape index (κ3) is 7.77. The number of nitrogens with zero attached hydrogens (tertiary/aromatic N) is 5. The molecular weight excluding hydrogens is 520 g/mol. The number of ether oxygens (including phenoxy) is 2. The molecule has 13 nitrogen and oxygen atoms in total. The molecule has 0 saturated carbocycles. The van der Waals surface area contributed by atoms with Crippen molar-refractivity contribution in [2.75, 3.05) is 27.7 Å². The Hall–Kier alpha value is -2.16. The number of amides is 2. The number of aliphatic hydroxyl groups excluding tert-OH is 2. The number of hydrogen-bond acceptors (Lipinski definition) is 10. The standard InChI is InChI=1S/C27H48N6O7/c1-15-10-27(5,38)24(40-26-23(36)20(31(6)7)9-16(2)39-26)17(3)22(35)18(4)25(37)28-11-19-13-33(30-29-19)14-21(34)32(8)12-15/h13,15-18,20,22-24,26,35-36,38H,9-12,14H2,1-8H3,(H,28,37)/t15-,16-,17+,18-,20+,22+,23-,24-,26+,27-/m1/s1. The molecule has 2 bridgehead atoms. The fraction of sp³-hybridized carbons (Fsp3) is 0.852. The van der Waals surface area contributed by atoms with Gasteiger partial charge in [0.25, 0.3) is 0 Å². The van der Waals surface area contributed by atoms with E-state index in [-0.39, 0.29) is 43.5 Å². The van der Waals surface area contributed by atoms with Gasteiger partial charge in [-0.05, 0) is 46.7 Å². The molecule has 0 spiro atoms. The predicted molar refractivity (Wildman–Crippen MR) is 146 cm³/mol. The van der Waals surface area contributed by atoms with Gasteiger partial charge in [0.05, 0.1) is 42.6 Å². The molecular formula is C27H48N6O7. The Morgan fingerprint density at radius 1 is 1.18 bits per heavy atom. The van der Waals surface area contributed by atoms with E-state index in [1.807, 2.05) is 32.8 Å². The molecule has 1 fully saturated rings. The molecule has 3 heterocycles. The van der Waals surface area contributed by atoms with Crippen LogP contribution in [0.3, 0.4) is 0 Å². The van der Waals surface area contributed by atoms with Crippen LogP contribution in [0.2, 0.25) is 0 Å². The van der Waals surface area contributed by atoms with E-state index in [1.54, 1.807) is 38.9 Å². The fourth-order valence-electron chi connectivity index (χ4n) is 5.98. The Bertz CT molecular complexity index is 1000.